The summed E-state index contributed by atoms with van der Waals surface area (Å²) in [4.78, 5) is 16.8. The number of carbonyl (C=O) groups excluding carboxylic acids is 1. The van der Waals surface area contributed by atoms with Gasteiger partial charge in [0, 0.05) is 11.9 Å². The molecule has 1 aliphatic rings. The quantitative estimate of drug-likeness (QED) is 0.885. The standard InChI is InChI=1S/C16H22N4O.2ClH/c1-12-6-5-7-14-19-13(11-20(12)14)10-18-15(21)16(17)8-3-2-4-9-16;;/h5-7,11H,2-4,8-10,17H2,1H3,(H,18,21);2*1H. The number of nitrogens with two attached hydrogens (primary N) is 1. The van der Waals surface area contributed by atoms with Gasteiger partial charge in [-0.3, -0.25) is 4.79 Å². The first-order chi connectivity index (χ1) is 10.1. The van der Waals surface area contributed by atoms with Crippen molar-refractivity contribution in [3.63, 3.8) is 0 Å². The Morgan fingerprint density at radius 3 is 2.65 bits per heavy atom. The monoisotopic (exact) mass is 358 g/mol. The first-order valence-electron chi connectivity index (χ1n) is 7.59. The molecule has 5 nitrogen and oxygen atoms in total. The van der Waals surface area contributed by atoms with Crippen LogP contribution in [0.2, 0.25) is 0 Å². The van der Waals surface area contributed by atoms with Gasteiger partial charge < -0.3 is 15.5 Å². The third-order valence-corrected chi connectivity index (χ3v) is 4.37. The van der Waals surface area contributed by atoms with Gasteiger partial charge in [0.15, 0.2) is 0 Å². The predicted molar refractivity (Wildman–Crippen MR) is 96.3 cm³/mol. The molecule has 128 valence electrons. The van der Waals surface area contributed by atoms with E-state index in [1.54, 1.807) is 0 Å². The molecule has 3 rings (SSSR count). The van der Waals surface area contributed by atoms with E-state index in [0.29, 0.717) is 6.54 Å². The van der Waals surface area contributed by atoms with Crippen LogP contribution < -0.4 is 11.1 Å². The second-order valence-corrected chi connectivity index (χ2v) is 6.03. The highest BCUT2D eigenvalue weighted by atomic mass is 35.5. The van der Waals surface area contributed by atoms with E-state index in [-0.39, 0.29) is 30.7 Å². The van der Waals surface area contributed by atoms with Crippen molar-refractivity contribution >= 4 is 36.4 Å². The molecule has 0 atom stereocenters. The van der Waals surface area contributed by atoms with Crippen molar-refractivity contribution in [2.45, 2.75) is 51.1 Å². The summed E-state index contributed by atoms with van der Waals surface area (Å²) in [6.07, 6.45) is 6.79. The number of imidazole rings is 1. The van der Waals surface area contributed by atoms with Crippen LogP contribution in [0, 0.1) is 6.92 Å². The highest BCUT2D eigenvalue weighted by molar-refractivity contribution is 5.86. The first kappa shape index (κ1) is 19.7. The highest BCUT2D eigenvalue weighted by Crippen LogP contribution is 2.26. The van der Waals surface area contributed by atoms with E-state index in [1.165, 1.54) is 6.42 Å². The van der Waals surface area contributed by atoms with Crippen LogP contribution in [0.5, 0.6) is 0 Å². The summed E-state index contributed by atoms with van der Waals surface area (Å²) in [7, 11) is 0. The third kappa shape index (κ3) is 4.16. The number of carbonyl (C=O) groups is 1. The topological polar surface area (TPSA) is 72.4 Å². The van der Waals surface area contributed by atoms with Crippen LogP contribution in [0.3, 0.4) is 0 Å². The number of nitrogens with one attached hydrogen (secondary N) is 1. The van der Waals surface area contributed by atoms with Crippen molar-refractivity contribution in [3.05, 3.63) is 35.8 Å². The number of aromatic nitrogens is 2. The minimum atomic E-state index is -0.687. The number of aryl methyl sites for hydroxylation is 1. The summed E-state index contributed by atoms with van der Waals surface area (Å²) in [6.45, 7) is 2.47. The molecule has 2 aromatic heterocycles. The molecule has 3 N–H and O–H groups in total. The lowest BCUT2D eigenvalue weighted by Crippen LogP contribution is -2.54. The van der Waals surface area contributed by atoms with Crippen LogP contribution in [0.1, 0.15) is 43.5 Å². The van der Waals surface area contributed by atoms with E-state index in [2.05, 4.69) is 10.3 Å². The molecule has 0 aliphatic heterocycles. The van der Waals surface area contributed by atoms with E-state index < -0.39 is 5.54 Å². The molecule has 0 radical (unpaired) electrons. The van der Waals surface area contributed by atoms with Gasteiger partial charge in [0.05, 0.1) is 17.8 Å². The predicted octanol–water partition coefficient (Wildman–Crippen LogP) is 2.76. The Labute approximate surface area is 148 Å². The van der Waals surface area contributed by atoms with Crippen molar-refractivity contribution in [2.24, 2.45) is 5.73 Å². The Hall–Kier alpha value is -1.30. The minimum absolute atomic E-state index is 0. The number of hydrogen-bond acceptors (Lipinski definition) is 3. The van der Waals surface area contributed by atoms with E-state index in [9.17, 15) is 4.79 Å². The second kappa shape index (κ2) is 7.99. The highest BCUT2D eigenvalue weighted by Gasteiger charge is 2.34. The molecule has 1 fully saturated rings. The smallest absolute Gasteiger partial charge is 0.240 e. The maximum Gasteiger partial charge on any atom is 0.240 e. The fourth-order valence-electron chi connectivity index (χ4n) is 3.04. The van der Waals surface area contributed by atoms with Gasteiger partial charge in [0.25, 0.3) is 0 Å². The van der Waals surface area contributed by atoms with Gasteiger partial charge >= 0.3 is 0 Å². The van der Waals surface area contributed by atoms with E-state index in [0.717, 1.165) is 42.7 Å². The fraction of sp³-hybridized carbons (Fsp3) is 0.500. The Morgan fingerprint density at radius 2 is 2.00 bits per heavy atom. The molecular weight excluding hydrogens is 335 g/mol. The Morgan fingerprint density at radius 1 is 1.30 bits per heavy atom. The molecule has 1 aliphatic carbocycles. The van der Waals surface area contributed by atoms with Gasteiger partial charge in [-0.1, -0.05) is 25.3 Å². The molecule has 2 aromatic rings. The van der Waals surface area contributed by atoms with Gasteiger partial charge in [-0.15, -0.1) is 24.8 Å². The van der Waals surface area contributed by atoms with Crippen LogP contribution in [0.15, 0.2) is 24.4 Å². The molecule has 1 amide bonds. The molecule has 0 spiro atoms. The molecule has 1 saturated carbocycles. The lowest BCUT2D eigenvalue weighted by atomic mass is 9.82. The van der Waals surface area contributed by atoms with E-state index >= 15 is 0 Å². The lowest BCUT2D eigenvalue weighted by Gasteiger charge is -2.31. The number of fused-ring (bicyclic) bond motifs is 1. The fourth-order valence-corrected chi connectivity index (χ4v) is 3.04. The summed E-state index contributed by atoms with van der Waals surface area (Å²) < 4.78 is 2.03. The van der Waals surface area contributed by atoms with Gasteiger partial charge in [-0.05, 0) is 31.9 Å². The minimum Gasteiger partial charge on any atom is -0.349 e. The molecule has 2 heterocycles. The molecule has 0 saturated heterocycles. The average Bonchev–Trinajstić information content (AvgIpc) is 2.90. The maximum absolute atomic E-state index is 12.3. The van der Waals surface area contributed by atoms with Crippen LogP contribution >= 0.6 is 24.8 Å². The Kier molecular flexibility index (Phi) is 6.86. The van der Waals surface area contributed by atoms with E-state index in [4.69, 9.17) is 5.73 Å². The Balaban J connectivity index is 0.00000132. The zero-order valence-electron chi connectivity index (χ0n) is 13.2. The van der Waals surface area contributed by atoms with Crippen LogP contribution in [-0.4, -0.2) is 20.8 Å². The van der Waals surface area contributed by atoms with E-state index in [1.807, 2.05) is 35.7 Å². The summed E-state index contributed by atoms with van der Waals surface area (Å²) in [5, 5.41) is 2.95. The van der Waals surface area contributed by atoms with Crippen molar-refractivity contribution in [1.82, 2.24) is 14.7 Å². The van der Waals surface area contributed by atoms with Gasteiger partial charge in [0.1, 0.15) is 5.65 Å². The summed E-state index contributed by atoms with van der Waals surface area (Å²) in [5.74, 6) is -0.0454. The van der Waals surface area contributed by atoms with Gasteiger partial charge in [0.2, 0.25) is 5.91 Å². The van der Waals surface area contributed by atoms with Crippen LogP contribution in [0.25, 0.3) is 5.65 Å². The van der Waals surface area contributed by atoms with Gasteiger partial charge in [-0.25, -0.2) is 4.98 Å². The number of halogens is 2. The van der Waals surface area contributed by atoms with Gasteiger partial charge in [-0.2, -0.15) is 0 Å². The number of rotatable bonds is 3. The summed E-state index contributed by atoms with van der Waals surface area (Å²) in [5.41, 5.74) is 8.43. The first-order valence-corrected chi connectivity index (χ1v) is 7.59. The molecular formula is C16H24Cl2N4O. The summed E-state index contributed by atoms with van der Waals surface area (Å²) in [6, 6.07) is 5.98. The zero-order chi connectivity index (χ0) is 14.9. The number of hydrogen-bond donors (Lipinski definition) is 2. The molecule has 0 unspecified atom stereocenters. The van der Waals surface area contributed by atoms with Crippen molar-refractivity contribution in [3.8, 4) is 0 Å². The molecule has 0 bridgehead atoms. The number of pyridine rings is 1. The number of nitrogens with zero attached hydrogens (tertiary/aromatic N) is 2. The molecule has 7 heteroatoms. The summed E-state index contributed by atoms with van der Waals surface area (Å²) >= 11 is 0. The SMILES string of the molecule is Cc1cccc2nc(CNC(=O)C3(N)CCCCC3)cn12.Cl.Cl. The number of amides is 1. The van der Waals surface area contributed by atoms with Crippen LogP contribution in [0.4, 0.5) is 0 Å². The largest absolute Gasteiger partial charge is 0.349 e. The average molecular weight is 359 g/mol. The molecule has 0 aromatic carbocycles. The molecule has 23 heavy (non-hydrogen) atoms. The van der Waals surface area contributed by atoms with Crippen LogP contribution in [-0.2, 0) is 11.3 Å². The van der Waals surface area contributed by atoms with Crippen molar-refractivity contribution in [1.29, 1.82) is 0 Å². The van der Waals surface area contributed by atoms with Crippen molar-refractivity contribution in [2.75, 3.05) is 0 Å². The zero-order valence-corrected chi connectivity index (χ0v) is 14.9. The maximum atomic E-state index is 12.3. The van der Waals surface area contributed by atoms with Crippen molar-refractivity contribution < 1.29 is 4.79 Å². The second-order valence-electron chi connectivity index (χ2n) is 6.03. The lowest BCUT2D eigenvalue weighted by molar-refractivity contribution is -0.127. The third-order valence-electron chi connectivity index (χ3n) is 4.37. The normalized spacial score (nSPS) is 16.3. The Bertz CT molecular complexity index is 665.